The van der Waals surface area contributed by atoms with Gasteiger partial charge in [0.05, 0.1) is 11.6 Å². The number of aromatic nitrogens is 1. The van der Waals surface area contributed by atoms with Crippen LogP contribution in [0, 0.1) is 5.41 Å². The molecule has 0 N–H and O–H groups in total. The van der Waals surface area contributed by atoms with Gasteiger partial charge in [-0.15, -0.1) is 0 Å². The monoisotopic (exact) mass is 379 g/mol. The molecular formula is C22H25N3O3. The van der Waals surface area contributed by atoms with Crippen LogP contribution in [0.1, 0.15) is 25.7 Å². The molecule has 6 nitrogen and oxygen atoms in total. The topological polar surface area (TPSA) is 62.7 Å². The minimum Gasteiger partial charge on any atom is -0.482 e. The number of ether oxygens (including phenoxy) is 1. The normalized spacial score (nSPS) is 22.4. The van der Waals surface area contributed by atoms with Crippen molar-refractivity contribution in [3.05, 3.63) is 54.9 Å². The van der Waals surface area contributed by atoms with Crippen molar-refractivity contribution in [2.24, 2.45) is 5.41 Å². The molecule has 1 unspecified atom stereocenters. The van der Waals surface area contributed by atoms with Crippen LogP contribution in [0.3, 0.4) is 0 Å². The number of hydrogen-bond acceptors (Lipinski definition) is 4. The molecule has 3 heterocycles. The van der Waals surface area contributed by atoms with Crippen molar-refractivity contribution in [2.45, 2.75) is 25.7 Å². The van der Waals surface area contributed by atoms with Crippen LogP contribution >= 0.6 is 0 Å². The fourth-order valence-corrected chi connectivity index (χ4v) is 4.32. The summed E-state index contributed by atoms with van der Waals surface area (Å²) in [6.07, 6.45) is 6.72. The molecule has 2 fully saturated rings. The fourth-order valence-electron chi connectivity index (χ4n) is 4.32. The largest absolute Gasteiger partial charge is 0.482 e. The molecule has 1 aromatic heterocycles. The number of piperidine rings is 2. The lowest BCUT2D eigenvalue weighted by molar-refractivity contribution is -0.143. The summed E-state index contributed by atoms with van der Waals surface area (Å²) in [5.41, 5.74) is 0.464. The lowest BCUT2D eigenvalue weighted by atomic mass is 9.72. The second-order valence-corrected chi connectivity index (χ2v) is 7.57. The van der Waals surface area contributed by atoms with Gasteiger partial charge in [0.2, 0.25) is 5.91 Å². The number of hydrogen-bond donors (Lipinski definition) is 0. The Kier molecular flexibility index (Phi) is 5.28. The molecule has 4 rings (SSSR count). The van der Waals surface area contributed by atoms with E-state index < -0.39 is 5.41 Å². The first kappa shape index (κ1) is 18.5. The Morgan fingerprint density at radius 3 is 2.61 bits per heavy atom. The van der Waals surface area contributed by atoms with E-state index in [0.717, 1.165) is 37.9 Å². The highest BCUT2D eigenvalue weighted by Crippen LogP contribution is 2.41. The lowest BCUT2D eigenvalue weighted by Crippen LogP contribution is -2.57. The van der Waals surface area contributed by atoms with Crippen LogP contribution in [0.15, 0.2) is 54.9 Å². The summed E-state index contributed by atoms with van der Waals surface area (Å²) in [6, 6.07) is 13.4. The van der Waals surface area contributed by atoms with Crippen LogP contribution in [-0.4, -0.2) is 47.9 Å². The lowest BCUT2D eigenvalue weighted by Gasteiger charge is -2.47. The Balaban J connectivity index is 1.44. The Morgan fingerprint density at radius 1 is 1.07 bits per heavy atom. The molecule has 146 valence electrons. The number of anilines is 1. The minimum atomic E-state index is -0.476. The van der Waals surface area contributed by atoms with Gasteiger partial charge >= 0.3 is 0 Å². The first-order chi connectivity index (χ1) is 13.7. The van der Waals surface area contributed by atoms with Gasteiger partial charge in [-0.05, 0) is 49.9 Å². The molecule has 0 radical (unpaired) electrons. The minimum absolute atomic E-state index is 0.0294. The summed E-state index contributed by atoms with van der Waals surface area (Å²) in [7, 11) is 0. The van der Waals surface area contributed by atoms with Crippen LogP contribution in [-0.2, 0) is 9.59 Å². The zero-order valence-corrected chi connectivity index (χ0v) is 15.9. The Bertz CT molecular complexity index is 823. The summed E-state index contributed by atoms with van der Waals surface area (Å²) in [5, 5.41) is 0. The average molecular weight is 379 g/mol. The summed E-state index contributed by atoms with van der Waals surface area (Å²) >= 11 is 0. The number of benzene rings is 1. The molecule has 1 aromatic carbocycles. The molecule has 2 saturated heterocycles. The second-order valence-electron chi connectivity index (χ2n) is 7.57. The third-order valence-electron chi connectivity index (χ3n) is 5.73. The van der Waals surface area contributed by atoms with Crippen LogP contribution in [0.2, 0.25) is 0 Å². The number of carbonyl (C=O) groups excluding carboxylic acids is 2. The van der Waals surface area contributed by atoms with E-state index in [1.807, 2.05) is 35.2 Å². The molecule has 6 heteroatoms. The van der Waals surface area contributed by atoms with Gasteiger partial charge in [-0.3, -0.25) is 14.6 Å². The Labute approximate surface area is 165 Å². The van der Waals surface area contributed by atoms with Gasteiger partial charge < -0.3 is 14.5 Å². The van der Waals surface area contributed by atoms with Gasteiger partial charge in [-0.25, -0.2) is 0 Å². The number of para-hydroxylation sites is 1. The maximum absolute atomic E-state index is 13.4. The Hall–Kier alpha value is -2.89. The maximum Gasteiger partial charge on any atom is 0.260 e. The molecule has 0 aliphatic carbocycles. The fraction of sp³-hybridized carbons (Fsp3) is 0.409. The summed E-state index contributed by atoms with van der Waals surface area (Å²) < 4.78 is 5.57. The second kappa shape index (κ2) is 8.00. The number of amides is 2. The SMILES string of the molecule is O=C(COc1cccnc1)N1CCCC2(CCCN(c3ccccc3)C2=O)C1. The molecule has 1 spiro atoms. The zero-order valence-electron chi connectivity index (χ0n) is 15.9. The highest BCUT2D eigenvalue weighted by molar-refractivity contribution is 5.99. The van der Waals surface area contributed by atoms with Gasteiger partial charge in [-0.1, -0.05) is 18.2 Å². The van der Waals surface area contributed by atoms with Crippen LogP contribution in [0.4, 0.5) is 5.69 Å². The van der Waals surface area contributed by atoms with Gasteiger partial charge in [0.1, 0.15) is 5.75 Å². The van der Waals surface area contributed by atoms with E-state index in [2.05, 4.69) is 4.98 Å². The third kappa shape index (κ3) is 3.72. The van der Waals surface area contributed by atoms with Crippen molar-refractivity contribution in [1.82, 2.24) is 9.88 Å². The van der Waals surface area contributed by atoms with Gasteiger partial charge in [-0.2, -0.15) is 0 Å². The van der Waals surface area contributed by atoms with E-state index in [0.29, 0.717) is 18.8 Å². The number of rotatable bonds is 4. The molecule has 2 aliphatic rings. The summed E-state index contributed by atoms with van der Waals surface area (Å²) in [5.74, 6) is 0.648. The van der Waals surface area contributed by atoms with Crippen molar-refractivity contribution >= 4 is 17.5 Å². The predicted molar refractivity (Wildman–Crippen MR) is 106 cm³/mol. The molecule has 2 aromatic rings. The van der Waals surface area contributed by atoms with E-state index in [-0.39, 0.29) is 18.4 Å². The van der Waals surface area contributed by atoms with E-state index in [1.165, 1.54) is 0 Å². The van der Waals surface area contributed by atoms with Crippen LogP contribution < -0.4 is 9.64 Å². The van der Waals surface area contributed by atoms with Crippen molar-refractivity contribution < 1.29 is 14.3 Å². The van der Waals surface area contributed by atoms with E-state index >= 15 is 0 Å². The standard InChI is InChI=1S/C22H25N3O3/c26-20(16-28-19-9-4-12-23-15-19)24-13-5-10-22(17-24)11-6-14-25(21(22)27)18-7-2-1-3-8-18/h1-4,7-9,12,15H,5-6,10-11,13-14,16-17H2. The first-order valence-corrected chi connectivity index (χ1v) is 9.86. The first-order valence-electron chi connectivity index (χ1n) is 9.86. The molecular weight excluding hydrogens is 354 g/mol. The zero-order chi connectivity index (χ0) is 19.4. The Morgan fingerprint density at radius 2 is 1.86 bits per heavy atom. The van der Waals surface area contributed by atoms with E-state index in [1.54, 1.807) is 29.4 Å². The average Bonchev–Trinajstić information content (AvgIpc) is 2.75. The maximum atomic E-state index is 13.4. The van der Waals surface area contributed by atoms with Crippen molar-refractivity contribution in [1.29, 1.82) is 0 Å². The smallest absolute Gasteiger partial charge is 0.260 e. The number of nitrogens with zero attached hydrogens (tertiary/aromatic N) is 3. The van der Waals surface area contributed by atoms with E-state index in [4.69, 9.17) is 4.74 Å². The molecule has 1 atom stereocenters. The molecule has 0 saturated carbocycles. The predicted octanol–water partition coefficient (Wildman–Crippen LogP) is 2.90. The van der Waals surface area contributed by atoms with Crippen molar-refractivity contribution in [3.63, 3.8) is 0 Å². The molecule has 28 heavy (non-hydrogen) atoms. The highest BCUT2D eigenvalue weighted by atomic mass is 16.5. The number of likely N-dealkylation sites (tertiary alicyclic amines) is 1. The quantitative estimate of drug-likeness (QED) is 0.819. The highest BCUT2D eigenvalue weighted by Gasteiger charge is 2.47. The van der Waals surface area contributed by atoms with Gasteiger partial charge in [0, 0.05) is 31.5 Å². The summed E-state index contributed by atoms with van der Waals surface area (Å²) in [4.78, 5) is 33.8. The van der Waals surface area contributed by atoms with Gasteiger partial charge in [0.15, 0.2) is 6.61 Å². The molecule has 0 bridgehead atoms. The third-order valence-corrected chi connectivity index (χ3v) is 5.73. The summed E-state index contributed by atoms with van der Waals surface area (Å²) in [6.45, 7) is 1.86. The molecule has 2 aliphatic heterocycles. The van der Waals surface area contributed by atoms with Crippen molar-refractivity contribution in [3.8, 4) is 5.75 Å². The van der Waals surface area contributed by atoms with Crippen molar-refractivity contribution in [2.75, 3.05) is 31.1 Å². The van der Waals surface area contributed by atoms with Gasteiger partial charge in [0.25, 0.3) is 5.91 Å². The van der Waals surface area contributed by atoms with Crippen LogP contribution in [0.5, 0.6) is 5.75 Å². The number of carbonyl (C=O) groups is 2. The molecule has 2 amide bonds. The van der Waals surface area contributed by atoms with E-state index in [9.17, 15) is 9.59 Å². The number of pyridine rings is 1. The van der Waals surface area contributed by atoms with Crippen LogP contribution in [0.25, 0.3) is 0 Å².